The van der Waals surface area contributed by atoms with E-state index in [1.165, 1.54) is 5.57 Å². The van der Waals surface area contributed by atoms with E-state index in [0.717, 1.165) is 12.3 Å². The lowest BCUT2D eigenvalue weighted by Crippen LogP contribution is -2.23. The number of nitrogens with one attached hydrogen (secondary N) is 1. The van der Waals surface area contributed by atoms with E-state index in [2.05, 4.69) is 107 Å². The molecule has 0 radical (unpaired) electrons. The average molecular weight is 372 g/mol. The molecule has 2 rings (SSSR count). The predicted octanol–water partition coefficient (Wildman–Crippen LogP) is 6.13. The van der Waals surface area contributed by atoms with Crippen molar-refractivity contribution in [1.82, 2.24) is 4.72 Å². The van der Waals surface area contributed by atoms with Crippen LogP contribution in [0.25, 0.3) is 0 Å². The lowest BCUT2D eigenvalue weighted by atomic mass is 9.80. The van der Waals surface area contributed by atoms with E-state index in [1.807, 2.05) is 0 Å². The molecule has 0 saturated heterocycles. The molecule has 2 atom stereocenters. The van der Waals surface area contributed by atoms with E-state index in [1.54, 1.807) is 11.9 Å². The van der Waals surface area contributed by atoms with Crippen LogP contribution < -0.4 is 4.72 Å². The lowest BCUT2D eigenvalue weighted by Gasteiger charge is -2.23. The highest BCUT2D eigenvalue weighted by molar-refractivity contribution is 7.97. The Kier molecular flexibility index (Phi) is 7.19. The standard InChI is InChI=1S/C23H33NOS/c1-18(2)26-24-17-19(3)25-21-10-8-14-23(6,16-12-21)20-9-7-13-22(4,5)15-11-20/h7-16,18-19,24H,17H2,1-6H3. The summed E-state index contributed by atoms with van der Waals surface area (Å²) in [5.74, 6) is 0.905. The van der Waals surface area contributed by atoms with Crippen LogP contribution in [0.15, 0.2) is 72.1 Å². The highest BCUT2D eigenvalue weighted by Crippen LogP contribution is 2.36. The van der Waals surface area contributed by atoms with Gasteiger partial charge in [0.1, 0.15) is 11.9 Å². The zero-order valence-corrected chi connectivity index (χ0v) is 17.8. The van der Waals surface area contributed by atoms with E-state index in [0.29, 0.717) is 5.25 Å². The fourth-order valence-electron chi connectivity index (χ4n) is 2.76. The molecule has 0 amide bonds. The summed E-state index contributed by atoms with van der Waals surface area (Å²) >= 11 is 1.74. The number of hydrogen-bond acceptors (Lipinski definition) is 3. The molecule has 2 aliphatic rings. The highest BCUT2D eigenvalue weighted by Gasteiger charge is 2.24. The summed E-state index contributed by atoms with van der Waals surface area (Å²) in [7, 11) is 0. The van der Waals surface area contributed by atoms with Gasteiger partial charge in [-0.3, -0.25) is 4.72 Å². The second kappa shape index (κ2) is 8.96. The molecular weight excluding hydrogens is 338 g/mol. The van der Waals surface area contributed by atoms with Crippen molar-refractivity contribution in [1.29, 1.82) is 0 Å². The second-order valence-electron chi connectivity index (χ2n) is 8.12. The van der Waals surface area contributed by atoms with Crippen LogP contribution in [0.3, 0.4) is 0 Å². The molecule has 0 fully saturated rings. The summed E-state index contributed by atoms with van der Waals surface area (Å²) in [6.45, 7) is 14.0. The lowest BCUT2D eigenvalue weighted by molar-refractivity contribution is 0.145. The fourth-order valence-corrected chi connectivity index (χ4v) is 3.43. The summed E-state index contributed by atoms with van der Waals surface area (Å²) in [6, 6.07) is 0. The minimum Gasteiger partial charge on any atom is -0.489 e. The van der Waals surface area contributed by atoms with Crippen LogP contribution in [-0.4, -0.2) is 17.9 Å². The SMILES string of the molecule is CC(CNSC(C)C)OC1=CC=CC(C)(C2=CC=CC(C)(C)C=C2)C=C1. The summed E-state index contributed by atoms with van der Waals surface area (Å²) < 4.78 is 9.46. The molecule has 2 unspecified atom stereocenters. The van der Waals surface area contributed by atoms with Crippen LogP contribution in [0.4, 0.5) is 0 Å². The number of hydrogen-bond donors (Lipinski definition) is 1. The Hall–Kier alpha value is -1.45. The normalized spacial score (nSPS) is 25.5. The monoisotopic (exact) mass is 371 g/mol. The molecular formula is C23H33NOS. The topological polar surface area (TPSA) is 21.3 Å². The van der Waals surface area contributed by atoms with Gasteiger partial charge in [-0.1, -0.05) is 88.3 Å². The molecule has 142 valence electrons. The first-order valence-corrected chi connectivity index (χ1v) is 10.3. The van der Waals surface area contributed by atoms with Crippen molar-refractivity contribution in [3.05, 3.63) is 72.1 Å². The van der Waals surface area contributed by atoms with Crippen LogP contribution >= 0.6 is 11.9 Å². The van der Waals surface area contributed by atoms with Crippen molar-refractivity contribution in [3.8, 4) is 0 Å². The van der Waals surface area contributed by atoms with E-state index >= 15 is 0 Å². The third kappa shape index (κ3) is 6.37. The first-order chi connectivity index (χ1) is 12.2. The molecule has 0 spiro atoms. The predicted molar refractivity (Wildman–Crippen MR) is 116 cm³/mol. The van der Waals surface area contributed by atoms with Crippen LogP contribution in [-0.2, 0) is 4.74 Å². The van der Waals surface area contributed by atoms with Crippen molar-refractivity contribution in [2.45, 2.75) is 52.9 Å². The Labute approximate surface area is 164 Å². The van der Waals surface area contributed by atoms with Gasteiger partial charge in [0.2, 0.25) is 0 Å². The Morgan fingerprint density at radius 3 is 2.42 bits per heavy atom. The molecule has 3 heteroatoms. The maximum absolute atomic E-state index is 6.09. The largest absolute Gasteiger partial charge is 0.489 e. The van der Waals surface area contributed by atoms with Crippen molar-refractivity contribution in [2.24, 2.45) is 10.8 Å². The maximum Gasteiger partial charge on any atom is 0.119 e. The first-order valence-electron chi connectivity index (χ1n) is 9.43. The quantitative estimate of drug-likeness (QED) is 0.544. The van der Waals surface area contributed by atoms with Gasteiger partial charge in [0.05, 0.1) is 0 Å². The van der Waals surface area contributed by atoms with Gasteiger partial charge in [-0.15, -0.1) is 0 Å². The Balaban J connectivity index is 2.02. The first kappa shape index (κ1) is 20.9. The molecule has 1 N–H and O–H groups in total. The summed E-state index contributed by atoms with van der Waals surface area (Å²) in [5.41, 5.74) is 1.23. The molecule has 0 aromatic heterocycles. The van der Waals surface area contributed by atoms with Crippen molar-refractivity contribution in [2.75, 3.05) is 6.54 Å². The zero-order chi connectivity index (χ0) is 19.2. The molecule has 0 bridgehead atoms. The van der Waals surface area contributed by atoms with Gasteiger partial charge in [0, 0.05) is 22.6 Å². The van der Waals surface area contributed by atoms with Gasteiger partial charge in [-0.25, -0.2) is 0 Å². The molecule has 2 aliphatic carbocycles. The van der Waals surface area contributed by atoms with Crippen LogP contribution in [0.1, 0.15) is 41.5 Å². The highest BCUT2D eigenvalue weighted by atomic mass is 32.2. The van der Waals surface area contributed by atoms with Gasteiger partial charge >= 0.3 is 0 Å². The van der Waals surface area contributed by atoms with Gasteiger partial charge < -0.3 is 4.74 Å². The molecule has 0 aromatic rings. The van der Waals surface area contributed by atoms with Gasteiger partial charge in [-0.05, 0) is 31.6 Å². The average Bonchev–Trinajstić information content (AvgIpc) is 2.84. The van der Waals surface area contributed by atoms with Crippen molar-refractivity contribution >= 4 is 11.9 Å². The number of rotatable bonds is 7. The minimum atomic E-state index is -0.141. The third-order valence-electron chi connectivity index (χ3n) is 4.44. The second-order valence-corrected chi connectivity index (χ2v) is 9.59. The Bertz CT molecular complexity index is 664. The molecule has 2 nitrogen and oxygen atoms in total. The van der Waals surface area contributed by atoms with E-state index in [9.17, 15) is 0 Å². The molecule has 26 heavy (non-hydrogen) atoms. The summed E-state index contributed by atoms with van der Waals surface area (Å²) in [6.07, 6.45) is 22.0. The molecule has 0 aliphatic heterocycles. The third-order valence-corrected chi connectivity index (χ3v) is 5.24. The minimum absolute atomic E-state index is 0.0930. The Morgan fingerprint density at radius 1 is 0.962 bits per heavy atom. The van der Waals surface area contributed by atoms with E-state index < -0.39 is 0 Å². The maximum atomic E-state index is 6.09. The Morgan fingerprint density at radius 2 is 1.69 bits per heavy atom. The molecule has 0 aromatic carbocycles. The van der Waals surface area contributed by atoms with Gasteiger partial charge in [0.25, 0.3) is 0 Å². The summed E-state index contributed by atoms with van der Waals surface area (Å²) in [4.78, 5) is 0. The van der Waals surface area contributed by atoms with Crippen LogP contribution in [0.2, 0.25) is 0 Å². The number of ether oxygens (including phenoxy) is 1. The van der Waals surface area contributed by atoms with Crippen molar-refractivity contribution in [3.63, 3.8) is 0 Å². The molecule has 0 saturated carbocycles. The smallest absolute Gasteiger partial charge is 0.119 e. The van der Waals surface area contributed by atoms with Gasteiger partial charge in [-0.2, -0.15) is 0 Å². The van der Waals surface area contributed by atoms with E-state index in [-0.39, 0.29) is 16.9 Å². The van der Waals surface area contributed by atoms with Crippen molar-refractivity contribution < 1.29 is 4.74 Å². The van der Waals surface area contributed by atoms with Crippen LogP contribution in [0.5, 0.6) is 0 Å². The molecule has 0 heterocycles. The zero-order valence-electron chi connectivity index (χ0n) is 17.0. The fraction of sp³-hybridized carbons (Fsp3) is 0.478. The van der Waals surface area contributed by atoms with E-state index in [4.69, 9.17) is 4.74 Å². The summed E-state index contributed by atoms with van der Waals surface area (Å²) in [5, 5.41) is 0.572. The van der Waals surface area contributed by atoms with Gasteiger partial charge in [0.15, 0.2) is 0 Å². The van der Waals surface area contributed by atoms with Crippen LogP contribution in [0, 0.1) is 10.8 Å². The number of allylic oxidation sites excluding steroid dienone is 11.